The van der Waals surface area contributed by atoms with Gasteiger partial charge in [0.05, 0.1) is 13.7 Å². The summed E-state index contributed by atoms with van der Waals surface area (Å²) in [6.07, 6.45) is 0. The summed E-state index contributed by atoms with van der Waals surface area (Å²) in [5.74, 6) is 0.270. The van der Waals surface area contributed by atoms with E-state index in [0.717, 1.165) is 0 Å². The van der Waals surface area contributed by atoms with Crippen LogP contribution in [-0.2, 0) is 0 Å². The number of hydrogen-bond donors (Lipinski definition) is 0. The van der Waals surface area contributed by atoms with Crippen LogP contribution in [-0.4, -0.2) is 44.7 Å². The quantitative estimate of drug-likeness (QED) is 0.686. The average Bonchev–Trinajstić information content (AvgIpc) is 2.62. The maximum absolute atomic E-state index is 12.4. The van der Waals surface area contributed by atoms with E-state index in [4.69, 9.17) is 21.1 Å². The molecule has 0 N–H and O–H groups in total. The van der Waals surface area contributed by atoms with Crippen LogP contribution >= 0.6 is 11.6 Å². The predicted molar refractivity (Wildman–Crippen MR) is 93.5 cm³/mol. The second kappa shape index (κ2) is 9.24. The molecule has 0 aromatic heterocycles. The lowest BCUT2D eigenvalue weighted by Gasteiger charge is -2.18. The van der Waals surface area contributed by atoms with Crippen molar-refractivity contribution in [1.82, 2.24) is 4.90 Å². The lowest BCUT2D eigenvalue weighted by atomic mass is 10.1. The third-order valence-electron chi connectivity index (χ3n) is 3.48. The number of carbonyl (C=O) groups excluding carboxylic acids is 1. The zero-order valence-electron chi connectivity index (χ0n) is 14.2. The molecule has 0 radical (unpaired) electrons. The summed E-state index contributed by atoms with van der Waals surface area (Å²) in [7, 11) is 2.93. The smallest absolute Gasteiger partial charge is 0.387 e. The van der Waals surface area contributed by atoms with Gasteiger partial charge in [-0.3, -0.25) is 4.79 Å². The molecule has 0 saturated heterocycles. The first kappa shape index (κ1) is 19.8. The van der Waals surface area contributed by atoms with Gasteiger partial charge in [0, 0.05) is 17.6 Å². The molecule has 0 saturated carbocycles. The van der Waals surface area contributed by atoms with Crippen molar-refractivity contribution in [2.45, 2.75) is 6.61 Å². The average molecular weight is 386 g/mol. The van der Waals surface area contributed by atoms with Crippen LogP contribution in [0.3, 0.4) is 0 Å². The second-order valence-electron chi connectivity index (χ2n) is 5.27. The second-order valence-corrected chi connectivity index (χ2v) is 5.71. The summed E-state index contributed by atoms with van der Waals surface area (Å²) in [5, 5.41) is 0.609. The molecule has 0 aliphatic rings. The zero-order valence-corrected chi connectivity index (χ0v) is 15.0. The third kappa shape index (κ3) is 5.49. The van der Waals surface area contributed by atoms with Gasteiger partial charge in [0.25, 0.3) is 5.91 Å². The number of ether oxygens (including phenoxy) is 3. The SMILES string of the molecule is COc1cc(C(=O)N(C)CCOc2ccc(Cl)cc2)ccc1OC(F)F. The molecule has 2 aromatic rings. The number of alkyl halides is 2. The fraction of sp³-hybridized carbons (Fsp3) is 0.278. The lowest BCUT2D eigenvalue weighted by molar-refractivity contribution is -0.0512. The van der Waals surface area contributed by atoms with Crippen molar-refractivity contribution in [3.63, 3.8) is 0 Å². The van der Waals surface area contributed by atoms with Crippen LogP contribution in [0.25, 0.3) is 0 Å². The highest BCUT2D eigenvalue weighted by Crippen LogP contribution is 2.29. The summed E-state index contributed by atoms with van der Waals surface area (Å²) in [5.41, 5.74) is 0.289. The number of likely N-dealkylation sites (N-methyl/N-ethyl adjacent to an activating group) is 1. The Morgan fingerprint density at radius 3 is 2.46 bits per heavy atom. The van der Waals surface area contributed by atoms with E-state index in [1.54, 1.807) is 31.3 Å². The molecule has 1 amide bonds. The summed E-state index contributed by atoms with van der Waals surface area (Å²) in [6, 6.07) is 10.9. The third-order valence-corrected chi connectivity index (χ3v) is 3.73. The number of methoxy groups -OCH3 is 1. The highest BCUT2D eigenvalue weighted by Gasteiger charge is 2.16. The number of carbonyl (C=O) groups is 1. The molecule has 26 heavy (non-hydrogen) atoms. The fourth-order valence-corrected chi connectivity index (χ4v) is 2.27. The van der Waals surface area contributed by atoms with Crippen molar-refractivity contribution >= 4 is 17.5 Å². The number of benzene rings is 2. The minimum absolute atomic E-state index is 0.0574. The van der Waals surface area contributed by atoms with Crippen LogP contribution in [0.4, 0.5) is 8.78 Å². The van der Waals surface area contributed by atoms with E-state index in [1.807, 2.05) is 0 Å². The normalized spacial score (nSPS) is 10.5. The molecule has 2 rings (SSSR count). The first-order chi connectivity index (χ1) is 12.4. The van der Waals surface area contributed by atoms with Crippen LogP contribution in [0.1, 0.15) is 10.4 Å². The van der Waals surface area contributed by atoms with Crippen LogP contribution in [0.15, 0.2) is 42.5 Å². The van der Waals surface area contributed by atoms with Crippen LogP contribution in [0, 0.1) is 0 Å². The predicted octanol–water partition coefficient (Wildman–Crippen LogP) is 4.10. The van der Waals surface area contributed by atoms with Crippen LogP contribution in [0.5, 0.6) is 17.2 Å². The molecule has 0 spiro atoms. The van der Waals surface area contributed by atoms with Gasteiger partial charge in [0.15, 0.2) is 11.5 Å². The maximum Gasteiger partial charge on any atom is 0.387 e. The molecule has 0 aliphatic carbocycles. The molecule has 2 aromatic carbocycles. The van der Waals surface area contributed by atoms with Gasteiger partial charge < -0.3 is 19.1 Å². The van der Waals surface area contributed by atoms with Gasteiger partial charge in [0.1, 0.15) is 12.4 Å². The Labute approximate surface area is 155 Å². The topological polar surface area (TPSA) is 48.0 Å². The number of amides is 1. The summed E-state index contributed by atoms with van der Waals surface area (Å²) in [6.45, 7) is -2.36. The highest BCUT2D eigenvalue weighted by molar-refractivity contribution is 6.30. The largest absolute Gasteiger partial charge is 0.493 e. The monoisotopic (exact) mass is 385 g/mol. The molecule has 0 atom stereocenters. The first-order valence-electron chi connectivity index (χ1n) is 7.67. The standard InChI is InChI=1S/C18H18ClF2NO4/c1-22(9-10-25-14-6-4-13(19)5-7-14)17(23)12-3-8-15(26-18(20)21)16(11-12)24-2/h3-8,11,18H,9-10H2,1-2H3. The number of halogens is 3. The Morgan fingerprint density at radius 2 is 1.85 bits per heavy atom. The van der Waals surface area contributed by atoms with Gasteiger partial charge in [-0.2, -0.15) is 8.78 Å². The zero-order chi connectivity index (χ0) is 19.1. The van der Waals surface area contributed by atoms with E-state index in [2.05, 4.69) is 4.74 Å². The van der Waals surface area contributed by atoms with Gasteiger partial charge in [0.2, 0.25) is 0 Å². The molecule has 0 unspecified atom stereocenters. The summed E-state index contributed by atoms with van der Waals surface area (Å²) in [4.78, 5) is 13.9. The van der Waals surface area contributed by atoms with Crippen molar-refractivity contribution in [2.24, 2.45) is 0 Å². The van der Waals surface area contributed by atoms with E-state index in [-0.39, 0.29) is 29.6 Å². The van der Waals surface area contributed by atoms with Gasteiger partial charge in [-0.25, -0.2) is 0 Å². The van der Waals surface area contributed by atoms with Crippen LogP contribution < -0.4 is 14.2 Å². The van der Waals surface area contributed by atoms with E-state index in [0.29, 0.717) is 17.3 Å². The number of nitrogens with zero attached hydrogens (tertiary/aromatic N) is 1. The highest BCUT2D eigenvalue weighted by atomic mass is 35.5. The maximum atomic E-state index is 12.4. The van der Waals surface area contributed by atoms with Crippen molar-refractivity contribution in [3.05, 3.63) is 53.1 Å². The summed E-state index contributed by atoms with van der Waals surface area (Å²) >= 11 is 5.80. The molecule has 0 aliphatic heterocycles. The fourth-order valence-electron chi connectivity index (χ4n) is 2.15. The van der Waals surface area contributed by atoms with E-state index >= 15 is 0 Å². The molecular formula is C18H18ClF2NO4. The van der Waals surface area contributed by atoms with Gasteiger partial charge in [-0.05, 0) is 42.5 Å². The molecule has 140 valence electrons. The van der Waals surface area contributed by atoms with E-state index in [9.17, 15) is 13.6 Å². The Morgan fingerprint density at radius 1 is 1.15 bits per heavy atom. The Hall–Kier alpha value is -2.54. The van der Waals surface area contributed by atoms with Gasteiger partial charge in [-0.1, -0.05) is 11.6 Å². The van der Waals surface area contributed by atoms with Gasteiger partial charge >= 0.3 is 6.61 Å². The molecule has 0 fully saturated rings. The Bertz CT molecular complexity index is 740. The number of rotatable bonds is 8. The van der Waals surface area contributed by atoms with Crippen molar-refractivity contribution in [3.8, 4) is 17.2 Å². The molecule has 5 nitrogen and oxygen atoms in total. The van der Waals surface area contributed by atoms with E-state index < -0.39 is 6.61 Å². The molecule has 8 heteroatoms. The van der Waals surface area contributed by atoms with Crippen LogP contribution in [0.2, 0.25) is 5.02 Å². The van der Waals surface area contributed by atoms with Gasteiger partial charge in [-0.15, -0.1) is 0 Å². The number of hydrogen-bond acceptors (Lipinski definition) is 4. The molecule has 0 heterocycles. The van der Waals surface area contributed by atoms with E-state index in [1.165, 1.54) is 30.2 Å². The minimum atomic E-state index is -2.97. The Kier molecular flexibility index (Phi) is 7.03. The lowest BCUT2D eigenvalue weighted by Crippen LogP contribution is -2.30. The summed E-state index contributed by atoms with van der Waals surface area (Å²) < 4.78 is 39.6. The van der Waals surface area contributed by atoms with Crippen molar-refractivity contribution in [1.29, 1.82) is 0 Å². The molecule has 0 bridgehead atoms. The first-order valence-corrected chi connectivity index (χ1v) is 8.05. The molecular weight excluding hydrogens is 368 g/mol. The minimum Gasteiger partial charge on any atom is -0.493 e. The Balaban J connectivity index is 1.95. The van der Waals surface area contributed by atoms with Crippen molar-refractivity contribution in [2.75, 3.05) is 27.3 Å². The van der Waals surface area contributed by atoms with Crippen molar-refractivity contribution < 1.29 is 27.8 Å².